The molecule has 10 nitrogen and oxygen atoms in total. The van der Waals surface area contributed by atoms with Crippen molar-refractivity contribution >= 4 is 23.6 Å². The van der Waals surface area contributed by atoms with Crippen LogP contribution in [0, 0.1) is 0 Å². The Morgan fingerprint density at radius 1 is 1.18 bits per heavy atom. The molecule has 0 spiro atoms. The van der Waals surface area contributed by atoms with Crippen LogP contribution < -0.4 is 15.4 Å². The molecule has 0 saturated carbocycles. The van der Waals surface area contributed by atoms with Crippen molar-refractivity contribution in [1.29, 1.82) is 0 Å². The summed E-state index contributed by atoms with van der Waals surface area (Å²) in [5.74, 6) is 0.315. The predicted molar refractivity (Wildman–Crippen MR) is 127 cm³/mol. The Balaban J connectivity index is 1.16. The molecule has 0 aromatic carbocycles. The second-order valence-electron chi connectivity index (χ2n) is 8.94. The van der Waals surface area contributed by atoms with E-state index in [1.807, 2.05) is 0 Å². The molecule has 0 aliphatic carbocycles. The van der Waals surface area contributed by atoms with E-state index in [-0.39, 0.29) is 12.6 Å². The number of rotatable bonds is 8. The number of aliphatic carboxylic acids is 1. The number of fused-ring (bicyclic) bond motifs is 2. The number of carboxylic acid groups (broad SMARTS) is 1. The molecule has 0 unspecified atom stereocenters. The van der Waals surface area contributed by atoms with Crippen LogP contribution in [-0.4, -0.2) is 82.8 Å². The number of ether oxygens (including phenoxy) is 1. The summed E-state index contributed by atoms with van der Waals surface area (Å²) >= 11 is 0. The number of hydrogen-bond donors (Lipinski definition) is 3. The number of carbonyl (C=O) groups excluding carboxylic acids is 1. The third kappa shape index (κ3) is 4.71. The zero-order valence-corrected chi connectivity index (χ0v) is 19.1. The molecule has 3 aliphatic rings. The molecule has 0 bridgehead atoms. The Hall–Kier alpha value is -3.56. The Labute approximate surface area is 198 Å². The van der Waals surface area contributed by atoms with Crippen LogP contribution in [-0.2, 0) is 17.6 Å². The number of amides is 2. The molecule has 5 heterocycles. The number of carboxylic acids is 1. The number of anilines is 2. The van der Waals surface area contributed by atoms with Crippen LogP contribution in [0.2, 0.25) is 0 Å². The average molecular weight is 467 g/mol. The molecule has 3 N–H and O–H groups in total. The van der Waals surface area contributed by atoms with Gasteiger partial charge in [-0.15, -0.1) is 0 Å². The number of carbonyl (C=O) groups is 2. The summed E-state index contributed by atoms with van der Waals surface area (Å²) in [6.45, 7) is 3.98. The Bertz CT molecular complexity index is 1080. The van der Waals surface area contributed by atoms with Gasteiger partial charge in [-0.1, -0.05) is 6.07 Å². The molecule has 0 radical (unpaired) electrons. The molecule has 3 aliphatic heterocycles. The second kappa shape index (κ2) is 9.74. The van der Waals surface area contributed by atoms with Gasteiger partial charge < -0.3 is 30.3 Å². The Morgan fingerprint density at radius 2 is 2.03 bits per heavy atom. The fourth-order valence-corrected chi connectivity index (χ4v) is 4.74. The van der Waals surface area contributed by atoms with Crippen molar-refractivity contribution < 1.29 is 19.4 Å². The second-order valence-corrected chi connectivity index (χ2v) is 8.94. The number of nitrogens with one attached hydrogen (secondary N) is 2. The van der Waals surface area contributed by atoms with E-state index < -0.39 is 11.9 Å². The van der Waals surface area contributed by atoms with Crippen molar-refractivity contribution in [3.63, 3.8) is 0 Å². The van der Waals surface area contributed by atoms with E-state index in [1.54, 1.807) is 22.1 Å². The van der Waals surface area contributed by atoms with E-state index in [2.05, 4.69) is 27.8 Å². The van der Waals surface area contributed by atoms with Crippen molar-refractivity contribution in [2.75, 3.05) is 56.5 Å². The predicted octanol–water partition coefficient (Wildman–Crippen LogP) is 2.18. The third-order valence-corrected chi connectivity index (χ3v) is 6.62. The summed E-state index contributed by atoms with van der Waals surface area (Å²) in [4.78, 5) is 37.4. The van der Waals surface area contributed by atoms with Gasteiger partial charge in [0, 0.05) is 44.6 Å². The van der Waals surface area contributed by atoms with Gasteiger partial charge in [-0.25, -0.2) is 14.8 Å². The molecule has 2 amide bonds. The molecular weight excluding hydrogens is 436 g/mol. The first-order valence-corrected chi connectivity index (χ1v) is 11.9. The summed E-state index contributed by atoms with van der Waals surface area (Å²) in [6, 6.07) is 5.82. The van der Waals surface area contributed by atoms with Crippen LogP contribution in [0.15, 0.2) is 24.4 Å². The molecule has 2 aromatic rings. The van der Waals surface area contributed by atoms with Crippen LogP contribution in [0.5, 0.6) is 5.75 Å². The number of aryl methyl sites for hydroxylation is 2. The first-order valence-electron chi connectivity index (χ1n) is 11.9. The Kier molecular flexibility index (Phi) is 6.37. The highest BCUT2D eigenvalue weighted by Crippen LogP contribution is 2.30. The average Bonchev–Trinajstić information content (AvgIpc) is 3.21. The van der Waals surface area contributed by atoms with Crippen LogP contribution >= 0.6 is 0 Å². The lowest BCUT2D eigenvalue weighted by Gasteiger charge is -2.24. The van der Waals surface area contributed by atoms with Gasteiger partial charge in [0.25, 0.3) is 0 Å². The van der Waals surface area contributed by atoms with E-state index in [1.165, 1.54) is 5.56 Å². The molecule has 10 heteroatoms. The molecule has 1 saturated heterocycles. The zero-order valence-electron chi connectivity index (χ0n) is 19.1. The molecule has 2 aromatic heterocycles. The number of hydrogen-bond acceptors (Lipinski definition) is 7. The minimum Gasteiger partial charge on any atom is -0.488 e. The van der Waals surface area contributed by atoms with Crippen molar-refractivity contribution in [2.45, 2.75) is 31.6 Å². The summed E-state index contributed by atoms with van der Waals surface area (Å²) in [5.41, 5.74) is 2.83. The number of nitrogens with zero attached hydrogens (tertiary/aromatic N) is 4. The first-order chi connectivity index (χ1) is 16.6. The van der Waals surface area contributed by atoms with Gasteiger partial charge in [-0.3, -0.25) is 4.79 Å². The summed E-state index contributed by atoms with van der Waals surface area (Å²) < 4.78 is 5.60. The normalized spacial score (nSPS) is 17.8. The fraction of sp³-hybridized carbons (Fsp3) is 0.500. The van der Waals surface area contributed by atoms with Crippen LogP contribution in [0.1, 0.15) is 35.6 Å². The number of aromatic nitrogens is 2. The van der Waals surface area contributed by atoms with E-state index in [0.29, 0.717) is 49.9 Å². The van der Waals surface area contributed by atoms with Crippen LogP contribution in [0.3, 0.4) is 0 Å². The van der Waals surface area contributed by atoms with Crippen molar-refractivity contribution in [1.82, 2.24) is 19.8 Å². The van der Waals surface area contributed by atoms with E-state index in [4.69, 9.17) is 9.72 Å². The fourth-order valence-electron chi connectivity index (χ4n) is 4.74. The summed E-state index contributed by atoms with van der Waals surface area (Å²) in [6.07, 6.45) is 5.37. The van der Waals surface area contributed by atoms with Crippen molar-refractivity contribution in [2.24, 2.45) is 0 Å². The molecule has 34 heavy (non-hydrogen) atoms. The van der Waals surface area contributed by atoms with Gasteiger partial charge in [0.2, 0.25) is 0 Å². The van der Waals surface area contributed by atoms with E-state index >= 15 is 0 Å². The molecule has 1 atom stereocenters. The highest BCUT2D eigenvalue weighted by molar-refractivity contribution is 5.80. The van der Waals surface area contributed by atoms with Gasteiger partial charge >= 0.3 is 12.0 Å². The number of urea groups is 1. The zero-order chi connectivity index (χ0) is 23.5. The number of pyridine rings is 2. The third-order valence-electron chi connectivity index (χ3n) is 6.62. The van der Waals surface area contributed by atoms with E-state index in [9.17, 15) is 14.7 Å². The van der Waals surface area contributed by atoms with Crippen LogP contribution in [0.25, 0.3) is 0 Å². The summed E-state index contributed by atoms with van der Waals surface area (Å²) in [7, 11) is 0. The monoisotopic (exact) mass is 466 g/mol. The lowest BCUT2D eigenvalue weighted by molar-refractivity contribution is -0.139. The largest absolute Gasteiger partial charge is 0.488 e. The quantitative estimate of drug-likeness (QED) is 0.542. The van der Waals surface area contributed by atoms with Gasteiger partial charge in [0.1, 0.15) is 18.3 Å². The van der Waals surface area contributed by atoms with Crippen molar-refractivity contribution in [3.8, 4) is 5.75 Å². The smallest absolute Gasteiger partial charge is 0.320 e. The van der Waals surface area contributed by atoms with Crippen LogP contribution in [0.4, 0.5) is 16.4 Å². The highest BCUT2D eigenvalue weighted by atomic mass is 16.5. The highest BCUT2D eigenvalue weighted by Gasteiger charge is 2.33. The minimum absolute atomic E-state index is 0.108. The lowest BCUT2D eigenvalue weighted by atomic mass is 10.00. The topological polar surface area (TPSA) is 120 Å². The lowest BCUT2D eigenvalue weighted by Crippen LogP contribution is -2.37. The maximum atomic E-state index is 12.9. The molecular formula is C24H30N6O4. The summed E-state index contributed by atoms with van der Waals surface area (Å²) in [5, 5.41) is 16.3. The SMILES string of the molecule is O=C(O)[C@H](CN1CCN(CCCc2ccc3c(n2)NCCC3)C1=O)c1cnc2c(c1)OCCN2. The maximum absolute atomic E-state index is 12.9. The maximum Gasteiger partial charge on any atom is 0.320 e. The van der Waals surface area contributed by atoms with Gasteiger partial charge in [-0.05, 0) is 48.9 Å². The minimum atomic E-state index is -0.983. The van der Waals surface area contributed by atoms with Gasteiger partial charge in [0.15, 0.2) is 11.6 Å². The van der Waals surface area contributed by atoms with Gasteiger partial charge in [0.05, 0.1) is 6.54 Å². The van der Waals surface area contributed by atoms with E-state index in [0.717, 1.165) is 43.7 Å². The standard InChI is InChI=1S/C24H30N6O4/c31-23(32)19(17-13-20-22(27-14-17)26-8-12-34-20)15-30-11-10-29(24(30)33)9-2-4-18-6-5-16-3-1-7-25-21(16)28-18/h5-6,13-14,19H,1-4,7-12,15H2,(H,25,28)(H,26,27)(H,31,32)/t19-/m1/s1. The molecule has 180 valence electrons. The molecule has 1 fully saturated rings. The first kappa shape index (κ1) is 22.2. The Morgan fingerprint density at radius 3 is 2.91 bits per heavy atom. The molecule has 5 rings (SSSR count). The van der Waals surface area contributed by atoms with Gasteiger partial charge in [-0.2, -0.15) is 0 Å². The van der Waals surface area contributed by atoms with Crippen molar-refractivity contribution in [3.05, 3.63) is 41.2 Å².